The summed E-state index contributed by atoms with van der Waals surface area (Å²) in [6, 6.07) is 16.5. The Morgan fingerprint density at radius 3 is 1.95 bits per heavy atom. The predicted molar refractivity (Wildman–Crippen MR) is 85.3 cm³/mol. The molecule has 106 valence electrons. The number of rotatable bonds is 3. The number of allylic oxidation sites excluding steroid dienone is 2. The van der Waals surface area contributed by atoms with Crippen LogP contribution in [0.1, 0.15) is 24.8 Å². The lowest BCUT2D eigenvalue weighted by molar-refractivity contribution is -0.114. The molecule has 0 bridgehead atoms. The van der Waals surface area contributed by atoms with E-state index in [1.807, 2.05) is 12.1 Å². The van der Waals surface area contributed by atoms with Gasteiger partial charge in [0.2, 0.25) is 0 Å². The Hall–Kier alpha value is -2.35. The molecule has 0 fully saturated rings. The lowest BCUT2D eigenvalue weighted by Crippen LogP contribution is -2.01. The molecule has 2 nitrogen and oxygen atoms in total. The highest BCUT2D eigenvalue weighted by Crippen LogP contribution is 2.28. The van der Waals surface area contributed by atoms with E-state index < -0.39 is 0 Å². The van der Waals surface area contributed by atoms with Crippen LogP contribution in [0.2, 0.25) is 0 Å². The van der Waals surface area contributed by atoms with E-state index >= 15 is 0 Å². The van der Waals surface area contributed by atoms with Crippen molar-refractivity contribution >= 4 is 11.4 Å². The summed E-state index contributed by atoms with van der Waals surface area (Å²) in [5.74, 6) is 1.11. The molecule has 2 heteroatoms. The van der Waals surface area contributed by atoms with Gasteiger partial charge in [-0.25, -0.2) is 0 Å². The second-order valence-corrected chi connectivity index (χ2v) is 5.30. The van der Waals surface area contributed by atoms with Crippen LogP contribution in [0.4, 0.5) is 0 Å². The highest BCUT2D eigenvalue weighted by atomic mass is 16.5. The van der Waals surface area contributed by atoms with Gasteiger partial charge in [-0.3, -0.25) is 4.79 Å². The van der Waals surface area contributed by atoms with Gasteiger partial charge in [-0.15, -0.1) is 0 Å². The van der Waals surface area contributed by atoms with Crippen molar-refractivity contribution in [2.24, 2.45) is 0 Å². The smallest absolute Gasteiger partial charge is 0.155 e. The summed E-state index contributed by atoms with van der Waals surface area (Å²) >= 11 is 0. The fourth-order valence-electron chi connectivity index (χ4n) is 2.68. The molecule has 1 aliphatic rings. The van der Waals surface area contributed by atoms with Crippen LogP contribution in [0.5, 0.6) is 5.75 Å². The molecule has 21 heavy (non-hydrogen) atoms. The standard InChI is InChI=1S/C19H18O2/c1-21-19-11-9-15(10-12-19)14-5-7-16(8-6-14)17-3-2-4-18(20)13-17/h5-13H,2-4H2,1H3. The highest BCUT2D eigenvalue weighted by molar-refractivity contribution is 5.98. The summed E-state index contributed by atoms with van der Waals surface area (Å²) < 4.78 is 5.17. The number of ether oxygens (including phenoxy) is 1. The van der Waals surface area contributed by atoms with Crippen LogP contribution in [0.3, 0.4) is 0 Å². The van der Waals surface area contributed by atoms with Gasteiger partial charge in [-0.1, -0.05) is 36.4 Å². The zero-order chi connectivity index (χ0) is 14.7. The zero-order valence-corrected chi connectivity index (χ0v) is 12.1. The average molecular weight is 278 g/mol. The minimum atomic E-state index is 0.246. The third-order valence-corrected chi connectivity index (χ3v) is 3.88. The van der Waals surface area contributed by atoms with Crippen LogP contribution < -0.4 is 4.74 Å². The summed E-state index contributed by atoms with van der Waals surface area (Å²) in [7, 11) is 1.67. The lowest BCUT2D eigenvalue weighted by atomic mass is 9.92. The van der Waals surface area contributed by atoms with Crippen molar-refractivity contribution in [3.05, 3.63) is 60.2 Å². The van der Waals surface area contributed by atoms with Gasteiger partial charge in [-0.05, 0) is 53.3 Å². The molecular weight excluding hydrogens is 260 g/mol. The molecule has 2 aromatic rings. The molecular formula is C19H18O2. The number of methoxy groups -OCH3 is 1. The molecule has 0 amide bonds. The number of hydrogen-bond acceptors (Lipinski definition) is 2. The molecule has 0 spiro atoms. The van der Waals surface area contributed by atoms with Crippen molar-refractivity contribution in [2.75, 3.05) is 7.11 Å². The van der Waals surface area contributed by atoms with Crippen LogP contribution in [0, 0.1) is 0 Å². The van der Waals surface area contributed by atoms with E-state index in [4.69, 9.17) is 4.74 Å². The van der Waals surface area contributed by atoms with E-state index in [0.29, 0.717) is 6.42 Å². The maximum atomic E-state index is 11.5. The van der Waals surface area contributed by atoms with Gasteiger partial charge >= 0.3 is 0 Å². The van der Waals surface area contributed by atoms with Crippen LogP contribution >= 0.6 is 0 Å². The predicted octanol–water partition coefficient (Wildman–Crippen LogP) is 4.50. The molecule has 0 aromatic heterocycles. The van der Waals surface area contributed by atoms with Gasteiger partial charge in [0, 0.05) is 6.42 Å². The second kappa shape index (κ2) is 5.96. The molecule has 0 atom stereocenters. The van der Waals surface area contributed by atoms with E-state index in [0.717, 1.165) is 35.3 Å². The summed E-state index contributed by atoms with van der Waals surface area (Å²) in [6.45, 7) is 0. The fourth-order valence-corrected chi connectivity index (χ4v) is 2.68. The van der Waals surface area contributed by atoms with Crippen LogP contribution in [0.15, 0.2) is 54.6 Å². The van der Waals surface area contributed by atoms with Gasteiger partial charge < -0.3 is 4.74 Å². The third kappa shape index (κ3) is 3.05. The molecule has 1 aliphatic carbocycles. The first kappa shape index (κ1) is 13.6. The highest BCUT2D eigenvalue weighted by Gasteiger charge is 2.11. The van der Waals surface area contributed by atoms with Gasteiger partial charge in [0.25, 0.3) is 0 Å². The number of ketones is 1. The molecule has 0 unspecified atom stereocenters. The fraction of sp³-hybridized carbons (Fsp3) is 0.211. The number of hydrogen-bond donors (Lipinski definition) is 0. The summed E-state index contributed by atoms with van der Waals surface area (Å²) in [4.78, 5) is 11.5. The molecule has 0 saturated carbocycles. The van der Waals surface area contributed by atoms with Crippen molar-refractivity contribution in [1.82, 2.24) is 0 Å². The minimum absolute atomic E-state index is 0.246. The number of carbonyl (C=O) groups is 1. The lowest BCUT2D eigenvalue weighted by Gasteiger charge is -2.12. The van der Waals surface area contributed by atoms with Gasteiger partial charge in [0.15, 0.2) is 5.78 Å². The monoisotopic (exact) mass is 278 g/mol. The third-order valence-electron chi connectivity index (χ3n) is 3.88. The van der Waals surface area contributed by atoms with Gasteiger partial charge in [0.1, 0.15) is 5.75 Å². The summed E-state index contributed by atoms with van der Waals surface area (Å²) in [5, 5.41) is 0. The second-order valence-electron chi connectivity index (χ2n) is 5.30. The van der Waals surface area contributed by atoms with Crippen molar-refractivity contribution in [2.45, 2.75) is 19.3 Å². The van der Waals surface area contributed by atoms with Crippen molar-refractivity contribution < 1.29 is 9.53 Å². The van der Waals surface area contributed by atoms with Crippen LogP contribution in [0.25, 0.3) is 16.7 Å². The number of carbonyl (C=O) groups excluding carboxylic acids is 1. The van der Waals surface area contributed by atoms with Crippen molar-refractivity contribution in [1.29, 1.82) is 0 Å². The first-order valence-electron chi connectivity index (χ1n) is 7.24. The van der Waals surface area contributed by atoms with Crippen molar-refractivity contribution in [3.63, 3.8) is 0 Å². The van der Waals surface area contributed by atoms with E-state index in [9.17, 15) is 4.79 Å². The Morgan fingerprint density at radius 2 is 1.38 bits per heavy atom. The van der Waals surface area contributed by atoms with E-state index in [1.165, 1.54) is 5.56 Å². The van der Waals surface area contributed by atoms with Crippen molar-refractivity contribution in [3.8, 4) is 16.9 Å². The zero-order valence-electron chi connectivity index (χ0n) is 12.1. The van der Waals surface area contributed by atoms with Gasteiger partial charge in [0.05, 0.1) is 7.11 Å². The molecule has 0 N–H and O–H groups in total. The molecule has 0 aliphatic heterocycles. The Bertz CT molecular complexity index is 664. The molecule has 3 rings (SSSR count). The Morgan fingerprint density at radius 1 is 0.810 bits per heavy atom. The van der Waals surface area contributed by atoms with Crippen LogP contribution in [-0.2, 0) is 4.79 Å². The normalized spacial score (nSPS) is 14.7. The summed E-state index contributed by atoms with van der Waals surface area (Å²) in [5.41, 5.74) is 4.65. The maximum absolute atomic E-state index is 11.5. The Balaban J connectivity index is 1.84. The van der Waals surface area contributed by atoms with Gasteiger partial charge in [-0.2, -0.15) is 0 Å². The van der Waals surface area contributed by atoms with E-state index in [2.05, 4.69) is 36.4 Å². The molecule has 2 aromatic carbocycles. The quantitative estimate of drug-likeness (QED) is 0.826. The average Bonchev–Trinajstić information content (AvgIpc) is 2.55. The Labute approximate surface area is 125 Å². The Kier molecular flexibility index (Phi) is 3.87. The first-order valence-corrected chi connectivity index (χ1v) is 7.24. The molecule has 0 heterocycles. The summed E-state index contributed by atoms with van der Waals surface area (Å²) in [6.07, 6.45) is 4.44. The largest absolute Gasteiger partial charge is 0.497 e. The maximum Gasteiger partial charge on any atom is 0.155 e. The van der Waals surface area contributed by atoms with Crippen LogP contribution in [-0.4, -0.2) is 12.9 Å². The molecule has 0 saturated heterocycles. The molecule has 0 radical (unpaired) electrons. The van der Waals surface area contributed by atoms with E-state index in [1.54, 1.807) is 13.2 Å². The minimum Gasteiger partial charge on any atom is -0.497 e. The van der Waals surface area contributed by atoms with E-state index in [-0.39, 0.29) is 5.78 Å². The first-order chi connectivity index (χ1) is 10.3. The number of benzene rings is 2. The topological polar surface area (TPSA) is 26.3 Å². The SMILES string of the molecule is COc1ccc(-c2ccc(C3=CC(=O)CCC3)cc2)cc1.